The van der Waals surface area contributed by atoms with E-state index in [0.29, 0.717) is 17.0 Å². The van der Waals surface area contributed by atoms with E-state index in [1.54, 1.807) is 10.9 Å². The van der Waals surface area contributed by atoms with Gasteiger partial charge in [-0.1, -0.05) is 20.8 Å². The molecule has 22 heavy (non-hydrogen) atoms. The first-order chi connectivity index (χ1) is 10.1. The number of hydrogen-bond donors (Lipinski definition) is 2. The van der Waals surface area contributed by atoms with Gasteiger partial charge in [0, 0.05) is 17.0 Å². The number of fused-ring (bicyclic) bond motifs is 1. The molecule has 0 bridgehead atoms. The first-order valence-electron chi connectivity index (χ1n) is 7.44. The van der Waals surface area contributed by atoms with Crippen LogP contribution in [0.25, 0.3) is 11.0 Å². The van der Waals surface area contributed by atoms with Crippen LogP contribution in [0.3, 0.4) is 0 Å². The van der Waals surface area contributed by atoms with Gasteiger partial charge in [-0.2, -0.15) is 21.8 Å². The fourth-order valence-corrected chi connectivity index (χ4v) is 2.84. The lowest BCUT2D eigenvalue weighted by Gasteiger charge is -2.20. The summed E-state index contributed by atoms with van der Waals surface area (Å²) < 4.78 is 2.02. The SMILES string of the molecule is CC(C)(C)SCCNc1nc2c(cnn2C(C)(C)C)c(=O)[nH]1. The van der Waals surface area contributed by atoms with Crippen molar-refractivity contribution in [2.75, 3.05) is 17.6 Å². The fourth-order valence-electron chi connectivity index (χ4n) is 2.02. The Morgan fingerprint density at radius 2 is 1.95 bits per heavy atom. The third-order valence-corrected chi connectivity index (χ3v) is 4.28. The van der Waals surface area contributed by atoms with Crippen molar-refractivity contribution in [1.82, 2.24) is 19.7 Å². The van der Waals surface area contributed by atoms with Crippen molar-refractivity contribution in [3.63, 3.8) is 0 Å². The van der Waals surface area contributed by atoms with Gasteiger partial charge in [-0.3, -0.25) is 9.78 Å². The summed E-state index contributed by atoms with van der Waals surface area (Å²) in [5, 5.41) is 8.01. The number of nitrogens with one attached hydrogen (secondary N) is 2. The second-order valence-electron chi connectivity index (χ2n) is 7.27. The molecule has 0 amide bonds. The second kappa shape index (κ2) is 5.95. The minimum absolute atomic E-state index is 0.161. The number of aromatic amines is 1. The number of hydrogen-bond acceptors (Lipinski definition) is 5. The molecule has 2 rings (SSSR count). The zero-order valence-corrected chi connectivity index (χ0v) is 15.0. The van der Waals surface area contributed by atoms with Crippen LogP contribution in [-0.2, 0) is 5.54 Å². The fraction of sp³-hybridized carbons (Fsp3) is 0.667. The predicted molar refractivity (Wildman–Crippen MR) is 93.8 cm³/mol. The number of nitrogens with zero attached hydrogens (tertiary/aromatic N) is 3. The molecular formula is C15H25N5OS. The van der Waals surface area contributed by atoms with Crippen LogP contribution in [0.1, 0.15) is 41.5 Å². The maximum absolute atomic E-state index is 12.1. The summed E-state index contributed by atoms with van der Waals surface area (Å²) in [7, 11) is 0. The quantitative estimate of drug-likeness (QED) is 0.846. The Kier molecular flexibility index (Phi) is 4.56. The van der Waals surface area contributed by atoms with Gasteiger partial charge in [0.05, 0.1) is 11.7 Å². The number of H-pyrrole nitrogens is 1. The van der Waals surface area contributed by atoms with Gasteiger partial charge in [0.1, 0.15) is 5.39 Å². The third-order valence-electron chi connectivity index (χ3n) is 3.00. The highest BCUT2D eigenvalue weighted by atomic mass is 32.2. The Morgan fingerprint density at radius 1 is 1.27 bits per heavy atom. The maximum atomic E-state index is 12.1. The maximum Gasteiger partial charge on any atom is 0.263 e. The van der Waals surface area contributed by atoms with Gasteiger partial charge in [-0.25, -0.2) is 4.68 Å². The lowest BCUT2D eigenvalue weighted by molar-refractivity contribution is 0.366. The van der Waals surface area contributed by atoms with Crippen LogP contribution >= 0.6 is 11.8 Å². The predicted octanol–water partition coefficient (Wildman–Crippen LogP) is 2.82. The molecule has 122 valence electrons. The molecule has 2 aromatic heterocycles. The number of aromatic nitrogens is 4. The van der Waals surface area contributed by atoms with Gasteiger partial charge in [0.25, 0.3) is 5.56 Å². The summed E-state index contributed by atoms with van der Waals surface area (Å²) in [5.74, 6) is 1.45. The molecule has 0 saturated carbocycles. The van der Waals surface area contributed by atoms with Gasteiger partial charge in [-0.05, 0) is 20.8 Å². The minimum Gasteiger partial charge on any atom is -0.355 e. The van der Waals surface area contributed by atoms with E-state index in [9.17, 15) is 4.79 Å². The third kappa shape index (κ3) is 4.03. The molecule has 2 aromatic rings. The van der Waals surface area contributed by atoms with Crippen LogP contribution in [0.2, 0.25) is 0 Å². The lowest BCUT2D eigenvalue weighted by Crippen LogP contribution is -2.24. The van der Waals surface area contributed by atoms with E-state index >= 15 is 0 Å². The Balaban J connectivity index is 2.20. The molecule has 7 heteroatoms. The molecule has 0 aliphatic rings. The summed E-state index contributed by atoms with van der Waals surface area (Å²) >= 11 is 1.87. The van der Waals surface area contributed by atoms with E-state index in [2.05, 4.69) is 41.2 Å². The van der Waals surface area contributed by atoms with Crippen LogP contribution < -0.4 is 10.9 Å². The molecule has 6 nitrogen and oxygen atoms in total. The van der Waals surface area contributed by atoms with E-state index in [0.717, 1.165) is 12.3 Å². The molecule has 0 aliphatic heterocycles. The van der Waals surface area contributed by atoms with Crippen molar-refractivity contribution in [3.05, 3.63) is 16.6 Å². The smallest absolute Gasteiger partial charge is 0.263 e. The Labute approximate surface area is 135 Å². The van der Waals surface area contributed by atoms with E-state index in [4.69, 9.17) is 0 Å². The Hall–Kier alpha value is -1.50. The molecule has 2 N–H and O–H groups in total. The molecule has 0 unspecified atom stereocenters. The van der Waals surface area contributed by atoms with Gasteiger partial charge in [0.15, 0.2) is 5.65 Å². The highest BCUT2D eigenvalue weighted by Gasteiger charge is 2.19. The van der Waals surface area contributed by atoms with Gasteiger partial charge < -0.3 is 5.32 Å². The topological polar surface area (TPSA) is 75.6 Å². The van der Waals surface area contributed by atoms with Crippen LogP contribution in [0.15, 0.2) is 11.0 Å². The van der Waals surface area contributed by atoms with Crippen molar-refractivity contribution >= 4 is 28.7 Å². The van der Waals surface area contributed by atoms with Crippen molar-refractivity contribution in [2.45, 2.75) is 51.8 Å². The van der Waals surface area contributed by atoms with Crippen LogP contribution in [0.5, 0.6) is 0 Å². The summed E-state index contributed by atoms with van der Waals surface area (Å²) in [6.07, 6.45) is 1.58. The molecule has 0 saturated heterocycles. The van der Waals surface area contributed by atoms with Crippen molar-refractivity contribution in [1.29, 1.82) is 0 Å². The lowest BCUT2D eigenvalue weighted by atomic mass is 10.1. The molecule has 0 aliphatic carbocycles. The normalized spacial score (nSPS) is 12.8. The van der Waals surface area contributed by atoms with Crippen molar-refractivity contribution < 1.29 is 0 Å². The molecule has 0 spiro atoms. The summed E-state index contributed by atoms with van der Waals surface area (Å²) in [6.45, 7) is 13.4. The number of rotatable bonds is 4. The zero-order valence-electron chi connectivity index (χ0n) is 14.1. The summed E-state index contributed by atoms with van der Waals surface area (Å²) in [6, 6.07) is 0. The molecule has 0 radical (unpaired) electrons. The van der Waals surface area contributed by atoms with Crippen LogP contribution in [0.4, 0.5) is 5.95 Å². The van der Waals surface area contributed by atoms with Crippen LogP contribution in [0, 0.1) is 0 Å². The van der Waals surface area contributed by atoms with E-state index in [-0.39, 0.29) is 15.8 Å². The van der Waals surface area contributed by atoms with Crippen molar-refractivity contribution in [3.8, 4) is 0 Å². The summed E-state index contributed by atoms with van der Waals surface area (Å²) in [5.41, 5.74) is 0.232. The Bertz CT molecular complexity index is 705. The van der Waals surface area contributed by atoms with E-state index < -0.39 is 0 Å². The molecular weight excluding hydrogens is 298 g/mol. The molecule has 0 atom stereocenters. The average Bonchev–Trinajstić information content (AvgIpc) is 2.77. The monoisotopic (exact) mass is 323 g/mol. The number of anilines is 1. The molecule has 2 heterocycles. The van der Waals surface area contributed by atoms with Gasteiger partial charge in [0.2, 0.25) is 5.95 Å². The highest BCUT2D eigenvalue weighted by Crippen LogP contribution is 2.22. The van der Waals surface area contributed by atoms with Crippen LogP contribution in [-0.4, -0.2) is 36.8 Å². The zero-order chi connectivity index (χ0) is 16.5. The minimum atomic E-state index is -0.220. The number of thioether (sulfide) groups is 1. The van der Waals surface area contributed by atoms with Gasteiger partial charge >= 0.3 is 0 Å². The molecule has 0 fully saturated rings. The first-order valence-corrected chi connectivity index (χ1v) is 8.43. The Morgan fingerprint density at radius 3 is 2.55 bits per heavy atom. The molecule has 0 aromatic carbocycles. The average molecular weight is 323 g/mol. The standard InChI is InChI=1S/C15H25N5OS/c1-14(2,3)20-11-10(9-17-20)12(21)19-13(18-11)16-7-8-22-15(4,5)6/h9H,7-8H2,1-6H3,(H2,16,18,19,21). The largest absolute Gasteiger partial charge is 0.355 e. The second-order valence-corrected chi connectivity index (χ2v) is 9.19. The van der Waals surface area contributed by atoms with E-state index in [1.807, 2.05) is 32.5 Å². The van der Waals surface area contributed by atoms with Crippen molar-refractivity contribution in [2.24, 2.45) is 0 Å². The highest BCUT2D eigenvalue weighted by molar-refractivity contribution is 8.00. The summed E-state index contributed by atoms with van der Waals surface area (Å²) in [4.78, 5) is 19.4. The van der Waals surface area contributed by atoms with E-state index in [1.165, 1.54) is 0 Å². The first kappa shape index (κ1) is 16.9. The van der Waals surface area contributed by atoms with Gasteiger partial charge in [-0.15, -0.1) is 0 Å².